The van der Waals surface area contributed by atoms with Gasteiger partial charge in [-0.15, -0.1) is 0 Å². The molecule has 0 aromatic rings. The number of aldehydes is 1. The van der Waals surface area contributed by atoms with Gasteiger partial charge in [-0.2, -0.15) is 0 Å². The van der Waals surface area contributed by atoms with Crippen molar-refractivity contribution < 1.29 is 9.59 Å². The van der Waals surface area contributed by atoms with Gasteiger partial charge in [-0.25, -0.2) is 0 Å². The Morgan fingerprint density at radius 1 is 1.55 bits per heavy atom. The van der Waals surface area contributed by atoms with Crippen molar-refractivity contribution in [2.75, 3.05) is 0 Å². The van der Waals surface area contributed by atoms with Crippen LogP contribution in [0, 0.1) is 11.8 Å². The highest BCUT2D eigenvalue weighted by molar-refractivity contribution is 5.75. The van der Waals surface area contributed by atoms with Gasteiger partial charge in [0.15, 0.2) is 0 Å². The average Bonchev–Trinajstić information content (AvgIpc) is 2.34. The van der Waals surface area contributed by atoms with E-state index in [9.17, 15) is 9.59 Å². The van der Waals surface area contributed by atoms with E-state index in [1.807, 2.05) is 0 Å². The third kappa shape index (κ3) is 2.45. The van der Waals surface area contributed by atoms with Gasteiger partial charge >= 0.3 is 0 Å². The molecule has 1 aliphatic carbocycles. The normalized spacial score (nSPS) is 30.3. The SMILES string of the molecule is CC(=O)C[C@@H]1CC[C@H](C=O)C1. The summed E-state index contributed by atoms with van der Waals surface area (Å²) in [5.41, 5.74) is 0. The maximum atomic E-state index is 10.7. The molecule has 1 fully saturated rings. The minimum Gasteiger partial charge on any atom is -0.303 e. The first-order valence-corrected chi connectivity index (χ1v) is 4.17. The number of ketones is 1. The van der Waals surface area contributed by atoms with Crippen molar-refractivity contribution in [2.45, 2.75) is 32.6 Å². The van der Waals surface area contributed by atoms with Gasteiger partial charge in [-0.1, -0.05) is 0 Å². The largest absolute Gasteiger partial charge is 0.303 e. The van der Waals surface area contributed by atoms with E-state index in [1.165, 1.54) is 0 Å². The fourth-order valence-electron chi connectivity index (χ4n) is 1.83. The summed E-state index contributed by atoms with van der Waals surface area (Å²) in [6, 6.07) is 0. The van der Waals surface area contributed by atoms with Gasteiger partial charge in [-0.3, -0.25) is 0 Å². The summed E-state index contributed by atoms with van der Waals surface area (Å²) in [6.07, 6.45) is 4.68. The topological polar surface area (TPSA) is 34.1 Å². The monoisotopic (exact) mass is 154 g/mol. The molecule has 0 radical (unpaired) electrons. The zero-order valence-electron chi connectivity index (χ0n) is 6.88. The minimum absolute atomic E-state index is 0.236. The van der Waals surface area contributed by atoms with Crippen molar-refractivity contribution in [1.29, 1.82) is 0 Å². The predicted octanol–water partition coefficient (Wildman–Crippen LogP) is 1.58. The molecule has 1 aliphatic rings. The molecule has 0 aliphatic heterocycles. The molecule has 0 unspecified atom stereocenters. The summed E-state index contributed by atoms with van der Waals surface area (Å²) < 4.78 is 0. The molecule has 0 aromatic carbocycles. The summed E-state index contributed by atoms with van der Waals surface area (Å²) >= 11 is 0. The quantitative estimate of drug-likeness (QED) is 0.578. The van der Waals surface area contributed by atoms with E-state index in [-0.39, 0.29) is 11.7 Å². The molecule has 2 nitrogen and oxygen atoms in total. The van der Waals surface area contributed by atoms with Crippen LogP contribution in [0.25, 0.3) is 0 Å². The van der Waals surface area contributed by atoms with Gasteiger partial charge < -0.3 is 9.59 Å². The molecule has 0 spiro atoms. The van der Waals surface area contributed by atoms with Crippen LogP contribution in [0.5, 0.6) is 0 Å². The lowest BCUT2D eigenvalue weighted by atomic mass is 10.0. The fourth-order valence-corrected chi connectivity index (χ4v) is 1.83. The van der Waals surface area contributed by atoms with Crippen LogP contribution in [0.2, 0.25) is 0 Å². The van der Waals surface area contributed by atoms with Crippen molar-refractivity contribution >= 4 is 12.1 Å². The molecule has 2 atom stereocenters. The van der Waals surface area contributed by atoms with Crippen molar-refractivity contribution in [1.82, 2.24) is 0 Å². The highest BCUT2D eigenvalue weighted by atomic mass is 16.1. The summed E-state index contributed by atoms with van der Waals surface area (Å²) in [7, 11) is 0. The molecule has 0 bridgehead atoms. The summed E-state index contributed by atoms with van der Waals surface area (Å²) in [5, 5.41) is 0. The Kier molecular flexibility index (Phi) is 2.80. The van der Waals surface area contributed by atoms with E-state index in [1.54, 1.807) is 6.92 Å². The Morgan fingerprint density at radius 3 is 2.73 bits per heavy atom. The van der Waals surface area contributed by atoms with Crippen LogP contribution in [0.4, 0.5) is 0 Å². The Morgan fingerprint density at radius 2 is 2.27 bits per heavy atom. The standard InChI is InChI=1S/C9H14O2/c1-7(11)4-8-2-3-9(5-8)6-10/h6,8-9H,2-5H2,1H3/t8-,9-/m0/s1. The molecule has 1 saturated carbocycles. The first kappa shape index (κ1) is 8.44. The van der Waals surface area contributed by atoms with Gasteiger partial charge in [0.05, 0.1) is 0 Å². The lowest BCUT2D eigenvalue weighted by Gasteiger charge is -2.04. The number of carbonyl (C=O) groups excluding carboxylic acids is 2. The predicted molar refractivity (Wildman–Crippen MR) is 42.2 cm³/mol. The molecule has 11 heavy (non-hydrogen) atoms. The smallest absolute Gasteiger partial charge is 0.130 e. The van der Waals surface area contributed by atoms with Gasteiger partial charge in [0.25, 0.3) is 0 Å². The maximum absolute atomic E-state index is 10.7. The van der Waals surface area contributed by atoms with Crippen LogP contribution in [-0.2, 0) is 9.59 Å². The first-order valence-electron chi connectivity index (χ1n) is 4.17. The molecule has 0 aromatic heterocycles. The van der Waals surface area contributed by atoms with Gasteiger partial charge in [0.1, 0.15) is 12.1 Å². The number of hydrogen-bond acceptors (Lipinski definition) is 2. The highest BCUT2D eigenvalue weighted by Crippen LogP contribution is 2.31. The second-order valence-electron chi connectivity index (χ2n) is 3.48. The van der Waals surface area contributed by atoms with E-state index in [4.69, 9.17) is 0 Å². The summed E-state index contributed by atoms with van der Waals surface area (Å²) in [5.74, 6) is 0.976. The Hall–Kier alpha value is -0.660. The van der Waals surface area contributed by atoms with Crippen molar-refractivity contribution in [3.05, 3.63) is 0 Å². The molecule has 0 saturated heterocycles. The van der Waals surface area contributed by atoms with E-state index in [2.05, 4.69) is 0 Å². The van der Waals surface area contributed by atoms with Crippen LogP contribution in [-0.4, -0.2) is 12.1 Å². The molecule has 0 amide bonds. The van der Waals surface area contributed by atoms with Crippen molar-refractivity contribution in [3.8, 4) is 0 Å². The van der Waals surface area contributed by atoms with Crippen LogP contribution < -0.4 is 0 Å². The third-order valence-corrected chi connectivity index (χ3v) is 2.35. The molecule has 1 rings (SSSR count). The molecule has 62 valence electrons. The maximum Gasteiger partial charge on any atom is 0.130 e. The van der Waals surface area contributed by atoms with Crippen LogP contribution in [0.15, 0.2) is 0 Å². The van der Waals surface area contributed by atoms with E-state index in [0.717, 1.165) is 25.5 Å². The number of carbonyl (C=O) groups is 2. The van der Waals surface area contributed by atoms with Crippen LogP contribution >= 0.6 is 0 Å². The van der Waals surface area contributed by atoms with E-state index in [0.29, 0.717) is 12.3 Å². The van der Waals surface area contributed by atoms with Crippen molar-refractivity contribution in [2.24, 2.45) is 11.8 Å². The molecule has 0 heterocycles. The molecular formula is C9H14O2. The number of rotatable bonds is 3. The second kappa shape index (κ2) is 3.65. The van der Waals surface area contributed by atoms with Crippen LogP contribution in [0.3, 0.4) is 0 Å². The molecule has 2 heteroatoms. The van der Waals surface area contributed by atoms with Crippen LogP contribution in [0.1, 0.15) is 32.6 Å². The Balaban J connectivity index is 2.29. The average molecular weight is 154 g/mol. The zero-order chi connectivity index (χ0) is 8.27. The Labute approximate surface area is 67.0 Å². The number of hydrogen-bond donors (Lipinski definition) is 0. The van der Waals surface area contributed by atoms with Gasteiger partial charge in [-0.05, 0) is 32.1 Å². The van der Waals surface area contributed by atoms with E-state index >= 15 is 0 Å². The fraction of sp³-hybridized carbons (Fsp3) is 0.778. The van der Waals surface area contributed by atoms with Gasteiger partial charge in [0.2, 0.25) is 0 Å². The molecular weight excluding hydrogens is 140 g/mol. The van der Waals surface area contributed by atoms with Crippen molar-refractivity contribution in [3.63, 3.8) is 0 Å². The number of Topliss-reactive ketones (excluding diaryl/α,β-unsaturated/α-hetero) is 1. The summed E-state index contributed by atoms with van der Waals surface area (Å²) in [4.78, 5) is 21.1. The third-order valence-electron chi connectivity index (χ3n) is 2.35. The summed E-state index contributed by atoms with van der Waals surface area (Å²) in [6.45, 7) is 1.62. The lowest BCUT2D eigenvalue weighted by molar-refractivity contribution is -0.118. The lowest BCUT2D eigenvalue weighted by Crippen LogP contribution is -2.02. The highest BCUT2D eigenvalue weighted by Gasteiger charge is 2.24. The van der Waals surface area contributed by atoms with Gasteiger partial charge in [0, 0.05) is 12.3 Å². The Bertz CT molecular complexity index is 163. The molecule has 0 N–H and O–H groups in total. The zero-order valence-corrected chi connectivity index (χ0v) is 6.88. The minimum atomic E-state index is 0.236. The first-order chi connectivity index (χ1) is 5.22. The second-order valence-corrected chi connectivity index (χ2v) is 3.48. The van der Waals surface area contributed by atoms with E-state index < -0.39 is 0 Å².